The van der Waals surface area contributed by atoms with Crippen molar-refractivity contribution >= 4 is 17.5 Å². The van der Waals surface area contributed by atoms with E-state index in [2.05, 4.69) is 0 Å². The SMILES string of the molecule is CCc1cccc(C)c1C(Cl)(C(N)=O)C(C)COC. The average Bonchev–Trinajstić information content (AvgIpc) is 2.37. The van der Waals surface area contributed by atoms with Crippen LogP contribution in [-0.2, 0) is 20.8 Å². The summed E-state index contributed by atoms with van der Waals surface area (Å²) in [4.78, 5) is 10.8. The molecule has 0 aliphatic carbocycles. The number of benzene rings is 1. The average molecular weight is 284 g/mol. The number of methoxy groups -OCH3 is 1. The molecule has 19 heavy (non-hydrogen) atoms. The Morgan fingerprint density at radius 1 is 1.53 bits per heavy atom. The van der Waals surface area contributed by atoms with Crippen LogP contribution in [0.5, 0.6) is 0 Å². The molecule has 1 amide bonds. The molecule has 2 N–H and O–H groups in total. The summed E-state index contributed by atoms with van der Waals surface area (Å²) in [5.74, 6) is -0.731. The molecule has 0 spiro atoms. The van der Waals surface area contributed by atoms with Crippen LogP contribution in [0.4, 0.5) is 0 Å². The Kier molecular flexibility index (Phi) is 5.39. The zero-order chi connectivity index (χ0) is 14.6. The number of amides is 1. The minimum Gasteiger partial charge on any atom is -0.384 e. The fraction of sp³-hybridized carbons (Fsp3) is 0.533. The summed E-state index contributed by atoms with van der Waals surface area (Å²) in [5, 5.41) is 0. The lowest BCUT2D eigenvalue weighted by Crippen LogP contribution is -2.44. The first-order chi connectivity index (χ1) is 8.89. The Labute approximate surface area is 120 Å². The second-order valence-corrected chi connectivity index (χ2v) is 5.49. The predicted molar refractivity (Wildman–Crippen MR) is 78.3 cm³/mol. The van der Waals surface area contributed by atoms with E-state index < -0.39 is 10.8 Å². The third-order valence-corrected chi connectivity index (χ3v) is 4.31. The van der Waals surface area contributed by atoms with E-state index in [-0.39, 0.29) is 5.92 Å². The van der Waals surface area contributed by atoms with Crippen LogP contribution in [0.15, 0.2) is 18.2 Å². The van der Waals surface area contributed by atoms with E-state index in [0.717, 1.165) is 23.1 Å². The quantitative estimate of drug-likeness (QED) is 0.816. The van der Waals surface area contributed by atoms with Crippen molar-refractivity contribution in [3.05, 3.63) is 34.9 Å². The Balaban J connectivity index is 3.46. The molecule has 0 fully saturated rings. The van der Waals surface area contributed by atoms with Crippen molar-refractivity contribution < 1.29 is 9.53 Å². The Bertz CT molecular complexity index is 461. The molecular weight excluding hydrogens is 262 g/mol. The smallest absolute Gasteiger partial charge is 0.243 e. The van der Waals surface area contributed by atoms with Gasteiger partial charge in [0.25, 0.3) is 0 Å². The van der Waals surface area contributed by atoms with Gasteiger partial charge in [0.15, 0.2) is 4.87 Å². The number of carbonyl (C=O) groups excluding carboxylic acids is 1. The molecule has 0 aromatic heterocycles. The first-order valence-corrected chi connectivity index (χ1v) is 6.84. The zero-order valence-corrected chi connectivity index (χ0v) is 12.8. The van der Waals surface area contributed by atoms with Gasteiger partial charge in [-0.05, 0) is 30.0 Å². The lowest BCUT2D eigenvalue weighted by Gasteiger charge is -2.33. The van der Waals surface area contributed by atoms with Gasteiger partial charge in [-0.3, -0.25) is 4.79 Å². The van der Waals surface area contributed by atoms with Crippen LogP contribution in [0.1, 0.15) is 30.5 Å². The van der Waals surface area contributed by atoms with Crippen molar-refractivity contribution in [3.63, 3.8) is 0 Å². The van der Waals surface area contributed by atoms with Crippen LogP contribution >= 0.6 is 11.6 Å². The normalized spacial score (nSPS) is 15.8. The van der Waals surface area contributed by atoms with Crippen LogP contribution in [-0.4, -0.2) is 19.6 Å². The van der Waals surface area contributed by atoms with Crippen LogP contribution in [0.3, 0.4) is 0 Å². The molecule has 0 aliphatic rings. The second-order valence-electron chi connectivity index (χ2n) is 4.89. The highest BCUT2D eigenvalue weighted by Crippen LogP contribution is 2.40. The van der Waals surface area contributed by atoms with Crippen molar-refractivity contribution in [2.45, 2.75) is 32.1 Å². The van der Waals surface area contributed by atoms with Gasteiger partial charge in [-0.15, -0.1) is 11.6 Å². The molecule has 1 aromatic rings. The Hall–Kier alpha value is -1.06. The fourth-order valence-corrected chi connectivity index (χ4v) is 2.85. The largest absolute Gasteiger partial charge is 0.384 e. The molecule has 1 rings (SSSR count). The molecule has 1 aromatic carbocycles. The first kappa shape index (κ1) is 16.0. The molecule has 0 heterocycles. The van der Waals surface area contributed by atoms with Gasteiger partial charge < -0.3 is 10.5 Å². The van der Waals surface area contributed by atoms with Gasteiger partial charge in [0, 0.05) is 13.0 Å². The van der Waals surface area contributed by atoms with Gasteiger partial charge in [-0.2, -0.15) is 0 Å². The minimum absolute atomic E-state index is 0.205. The molecule has 4 heteroatoms. The topological polar surface area (TPSA) is 52.3 Å². The van der Waals surface area contributed by atoms with Crippen LogP contribution in [0, 0.1) is 12.8 Å². The van der Waals surface area contributed by atoms with Crippen LogP contribution < -0.4 is 5.73 Å². The lowest BCUT2D eigenvalue weighted by atomic mass is 9.80. The maximum atomic E-state index is 12.0. The minimum atomic E-state index is -1.23. The van der Waals surface area contributed by atoms with Crippen molar-refractivity contribution in [2.75, 3.05) is 13.7 Å². The van der Waals surface area contributed by atoms with E-state index in [1.165, 1.54) is 0 Å². The zero-order valence-electron chi connectivity index (χ0n) is 12.0. The van der Waals surface area contributed by atoms with E-state index in [1.54, 1.807) is 7.11 Å². The van der Waals surface area contributed by atoms with E-state index in [0.29, 0.717) is 6.61 Å². The van der Waals surface area contributed by atoms with Gasteiger partial charge in [0.05, 0.1) is 6.61 Å². The number of rotatable bonds is 6. The van der Waals surface area contributed by atoms with E-state index in [1.807, 2.05) is 39.0 Å². The molecule has 106 valence electrons. The standard InChI is InChI=1S/C15H22ClNO2/c1-5-12-8-6-7-10(2)13(12)15(16,14(17)18)11(3)9-19-4/h6-8,11H,5,9H2,1-4H3,(H2,17,18). The summed E-state index contributed by atoms with van der Waals surface area (Å²) >= 11 is 6.66. The van der Waals surface area contributed by atoms with Crippen molar-refractivity contribution in [3.8, 4) is 0 Å². The highest BCUT2D eigenvalue weighted by molar-refractivity contribution is 6.35. The maximum Gasteiger partial charge on any atom is 0.243 e. The summed E-state index contributed by atoms with van der Waals surface area (Å²) in [6.07, 6.45) is 0.804. The number of aryl methyl sites for hydroxylation is 2. The van der Waals surface area contributed by atoms with Gasteiger partial charge >= 0.3 is 0 Å². The van der Waals surface area contributed by atoms with Gasteiger partial charge in [0.1, 0.15) is 0 Å². The number of hydrogen-bond acceptors (Lipinski definition) is 2. The molecule has 2 unspecified atom stereocenters. The van der Waals surface area contributed by atoms with E-state index in [9.17, 15) is 4.79 Å². The number of hydrogen-bond donors (Lipinski definition) is 1. The first-order valence-electron chi connectivity index (χ1n) is 6.46. The second kappa shape index (κ2) is 6.40. The number of halogens is 1. The summed E-state index contributed by atoms with van der Waals surface area (Å²) in [6, 6.07) is 5.91. The molecule has 0 radical (unpaired) electrons. The van der Waals surface area contributed by atoms with Gasteiger partial charge in [-0.1, -0.05) is 32.0 Å². The number of alkyl halides is 1. The summed E-state index contributed by atoms with van der Waals surface area (Å²) < 4.78 is 5.14. The van der Waals surface area contributed by atoms with Crippen molar-refractivity contribution in [1.82, 2.24) is 0 Å². The third kappa shape index (κ3) is 2.93. The molecule has 0 saturated heterocycles. The van der Waals surface area contributed by atoms with Gasteiger partial charge in [0.2, 0.25) is 5.91 Å². The molecule has 0 saturated carbocycles. The monoisotopic (exact) mass is 283 g/mol. The summed E-state index contributed by atoms with van der Waals surface area (Å²) in [7, 11) is 1.59. The predicted octanol–water partition coefficient (Wildman–Crippen LogP) is 2.76. The molecule has 0 aliphatic heterocycles. The van der Waals surface area contributed by atoms with Crippen molar-refractivity contribution in [1.29, 1.82) is 0 Å². The lowest BCUT2D eigenvalue weighted by molar-refractivity contribution is -0.122. The van der Waals surface area contributed by atoms with E-state index >= 15 is 0 Å². The molecule has 2 atom stereocenters. The number of carbonyl (C=O) groups is 1. The summed E-state index contributed by atoms with van der Waals surface area (Å²) in [6.45, 7) is 6.25. The van der Waals surface area contributed by atoms with Crippen molar-refractivity contribution in [2.24, 2.45) is 11.7 Å². The molecule has 3 nitrogen and oxygen atoms in total. The van der Waals surface area contributed by atoms with E-state index in [4.69, 9.17) is 22.1 Å². The van der Waals surface area contributed by atoms with Crippen LogP contribution in [0.25, 0.3) is 0 Å². The van der Waals surface area contributed by atoms with Crippen LogP contribution in [0.2, 0.25) is 0 Å². The molecular formula is C15H22ClNO2. The highest BCUT2D eigenvalue weighted by Gasteiger charge is 2.44. The molecule has 0 bridgehead atoms. The Morgan fingerprint density at radius 2 is 2.16 bits per heavy atom. The summed E-state index contributed by atoms with van der Waals surface area (Å²) in [5.41, 5.74) is 8.47. The number of ether oxygens (including phenoxy) is 1. The number of nitrogens with two attached hydrogens (primary N) is 1. The third-order valence-electron chi connectivity index (χ3n) is 3.56. The maximum absolute atomic E-state index is 12.0. The highest BCUT2D eigenvalue weighted by atomic mass is 35.5. The Morgan fingerprint density at radius 3 is 2.63 bits per heavy atom. The number of primary amides is 1. The van der Waals surface area contributed by atoms with Gasteiger partial charge in [-0.25, -0.2) is 0 Å². The fourth-order valence-electron chi connectivity index (χ4n) is 2.52.